The van der Waals surface area contributed by atoms with E-state index < -0.39 is 4.92 Å². The molecule has 0 bridgehead atoms. The number of aromatic nitrogens is 2. The van der Waals surface area contributed by atoms with Crippen molar-refractivity contribution in [3.05, 3.63) is 45.6 Å². The minimum absolute atomic E-state index is 0.114. The number of rotatable bonds is 5. The maximum atomic E-state index is 12.1. The highest BCUT2D eigenvalue weighted by Crippen LogP contribution is 2.25. The average molecular weight is 304 g/mol. The third-order valence-electron chi connectivity index (χ3n) is 3.08. The highest BCUT2D eigenvalue weighted by atomic mass is 16.6. The van der Waals surface area contributed by atoms with Crippen molar-refractivity contribution >= 4 is 17.4 Å². The van der Waals surface area contributed by atoms with Crippen LogP contribution in [0.5, 0.6) is 5.75 Å². The lowest BCUT2D eigenvalue weighted by Gasteiger charge is -2.10. The molecule has 0 aliphatic rings. The third-order valence-corrected chi connectivity index (χ3v) is 3.08. The zero-order chi connectivity index (χ0) is 16.3. The van der Waals surface area contributed by atoms with Crippen LogP contribution in [-0.2, 0) is 11.3 Å². The van der Waals surface area contributed by atoms with Gasteiger partial charge in [-0.25, -0.2) is 0 Å². The molecule has 0 radical (unpaired) electrons. The lowest BCUT2D eigenvalue weighted by Crippen LogP contribution is -2.20. The number of hydrogen-bond donors (Lipinski definition) is 1. The van der Waals surface area contributed by atoms with Crippen LogP contribution >= 0.6 is 0 Å². The zero-order valence-electron chi connectivity index (χ0n) is 12.5. The van der Waals surface area contributed by atoms with Crippen molar-refractivity contribution in [2.75, 3.05) is 12.4 Å². The molecule has 0 saturated heterocycles. The Hall–Kier alpha value is -2.90. The van der Waals surface area contributed by atoms with Crippen LogP contribution in [0, 0.1) is 24.0 Å². The van der Waals surface area contributed by atoms with Gasteiger partial charge in [0, 0.05) is 0 Å². The number of benzene rings is 1. The molecule has 22 heavy (non-hydrogen) atoms. The molecule has 8 nitrogen and oxygen atoms in total. The predicted octanol–water partition coefficient (Wildman–Crippen LogP) is 2.06. The average Bonchev–Trinajstić information content (AvgIpc) is 2.80. The number of hydrogen-bond acceptors (Lipinski definition) is 5. The van der Waals surface area contributed by atoms with Crippen LogP contribution in [0.25, 0.3) is 0 Å². The smallest absolute Gasteiger partial charge is 0.390 e. The van der Waals surface area contributed by atoms with Gasteiger partial charge >= 0.3 is 5.82 Å². The van der Waals surface area contributed by atoms with Gasteiger partial charge in [0.25, 0.3) is 0 Å². The molecule has 0 atom stereocenters. The van der Waals surface area contributed by atoms with E-state index in [-0.39, 0.29) is 18.3 Å². The molecule has 0 saturated carbocycles. The molecule has 0 unspecified atom stereocenters. The molecule has 1 heterocycles. The molecular formula is C14H16N4O4. The van der Waals surface area contributed by atoms with E-state index in [1.54, 1.807) is 19.1 Å². The number of methoxy groups -OCH3 is 1. The Labute approximate surface area is 126 Å². The van der Waals surface area contributed by atoms with Gasteiger partial charge in [-0.3, -0.25) is 4.79 Å². The summed E-state index contributed by atoms with van der Waals surface area (Å²) < 4.78 is 6.47. The Kier molecular flexibility index (Phi) is 4.40. The number of carbonyl (C=O) groups is 1. The Morgan fingerprint density at radius 3 is 2.73 bits per heavy atom. The number of amides is 1. The molecule has 116 valence electrons. The van der Waals surface area contributed by atoms with Crippen LogP contribution in [0.4, 0.5) is 11.5 Å². The van der Waals surface area contributed by atoms with Crippen molar-refractivity contribution < 1.29 is 14.5 Å². The minimum Gasteiger partial charge on any atom is -0.495 e. The maximum absolute atomic E-state index is 12.1. The number of carbonyl (C=O) groups excluding carboxylic acids is 1. The second-order valence-electron chi connectivity index (χ2n) is 4.81. The van der Waals surface area contributed by atoms with Crippen LogP contribution in [0.3, 0.4) is 0 Å². The van der Waals surface area contributed by atoms with E-state index in [1.807, 2.05) is 13.0 Å². The number of nitrogens with zero attached hydrogens (tertiary/aromatic N) is 3. The normalized spacial score (nSPS) is 10.3. The van der Waals surface area contributed by atoms with Crippen molar-refractivity contribution in [1.82, 2.24) is 9.78 Å². The molecular weight excluding hydrogens is 288 g/mol. The number of ether oxygens (including phenoxy) is 1. The van der Waals surface area contributed by atoms with Gasteiger partial charge in [-0.05, 0) is 36.5 Å². The fraction of sp³-hybridized carbons (Fsp3) is 0.286. The molecule has 8 heteroatoms. The lowest BCUT2D eigenvalue weighted by atomic mass is 10.2. The van der Waals surface area contributed by atoms with Crippen LogP contribution in [0.1, 0.15) is 11.3 Å². The summed E-state index contributed by atoms with van der Waals surface area (Å²) in [5.74, 6) is -0.0782. The van der Waals surface area contributed by atoms with Crippen LogP contribution in [0.15, 0.2) is 24.3 Å². The Morgan fingerprint density at radius 2 is 2.14 bits per heavy atom. The van der Waals surface area contributed by atoms with Crippen LogP contribution < -0.4 is 10.1 Å². The van der Waals surface area contributed by atoms with Gasteiger partial charge < -0.3 is 20.2 Å². The number of nitro groups is 1. The summed E-state index contributed by atoms with van der Waals surface area (Å²) >= 11 is 0. The van der Waals surface area contributed by atoms with E-state index in [0.717, 1.165) is 5.56 Å². The highest BCUT2D eigenvalue weighted by molar-refractivity contribution is 5.92. The van der Waals surface area contributed by atoms with Crippen LogP contribution in [0.2, 0.25) is 0 Å². The van der Waals surface area contributed by atoms with E-state index in [2.05, 4.69) is 10.4 Å². The molecule has 1 amide bonds. The van der Waals surface area contributed by atoms with E-state index in [4.69, 9.17) is 4.74 Å². The summed E-state index contributed by atoms with van der Waals surface area (Å²) in [6.07, 6.45) is 0. The number of aryl methyl sites for hydroxylation is 2. The Balaban J connectivity index is 2.14. The molecule has 2 rings (SSSR count). The molecule has 2 aromatic rings. The molecule has 1 aromatic carbocycles. The third kappa shape index (κ3) is 3.40. The second kappa shape index (κ2) is 6.25. The quantitative estimate of drug-likeness (QED) is 0.673. The SMILES string of the molecule is COc1ccc(C)cc1NC(=O)Cn1nc([N+](=O)[O-])cc1C. The van der Waals surface area contributed by atoms with Gasteiger partial charge in [0.2, 0.25) is 5.91 Å². The standard InChI is InChI=1S/C14H16N4O4/c1-9-4-5-12(22-3)11(6-9)15-14(19)8-17-10(2)7-13(16-17)18(20)21/h4-7H,8H2,1-3H3,(H,15,19). The Morgan fingerprint density at radius 1 is 1.41 bits per heavy atom. The van der Waals surface area contributed by atoms with Crippen molar-refractivity contribution in [2.24, 2.45) is 0 Å². The largest absolute Gasteiger partial charge is 0.495 e. The second-order valence-corrected chi connectivity index (χ2v) is 4.81. The first kappa shape index (κ1) is 15.5. The molecule has 0 spiro atoms. The summed E-state index contributed by atoms with van der Waals surface area (Å²) in [5, 5.41) is 17.2. The first-order chi connectivity index (χ1) is 10.4. The molecule has 0 fully saturated rings. The summed E-state index contributed by atoms with van der Waals surface area (Å²) in [6.45, 7) is 3.44. The predicted molar refractivity (Wildman–Crippen MR) is 80.0 cm³/mol. The van der Waals surface area contributed by atoms with Gasteiger partial charge in [0.15, 0.2) is 0 Å². The minimum atomic E-state index is -0.592. The molecule has 0 aliphatic heterocycles. The van der Waals surface area contributed by atoms with E-state index >= 15 is 0 Å². The fourth-order valence-electron chi connectivity index (χ4n) is 1.99. The fourth-order valence-corrected chi connectivity index (χ4v) is 1.99. The highest BCUT2D eigenvalue weighted by Gasteiger charge is 2.18. The zero-order valence-corrected chi connectivity index (χ0v) is 12.5. The van der Waals surface area contributed by atoms with Crippen LogP contribution in [-0.4, -0.2) is 27.7 Å². The number of anilines is 1. The topological polar surface area (TPSA) is 99.3 Å². The summed E-state index contributed by atoms with van der Waals surface area (Å²) in [7, 11) is 1.52. The van der Waals surface area contributed by atoms with Gasteiger partial charge in [-0.15, -0.1) is 0 Å². The molecule has 1 aromatic heterocycles. The number of nitrogens with one attached hydrogen (secondary N) is 1. The first-order valence-electron chi connectivity index (χ1n) is 6.54. The van der Waals surface area contributed by atoms with Gasteiger partial charge in [-0.1, -0.05) is 6.07 Å². The van der Waals surface area contributed by atoms with Gasteiger partial charge in [-0.2, -0.15) is 4.68 Å². The van der Waals surface area contributed by atoms with Gasteiger partial charge in [0.05, 0.1) is 29.7 Å². The summed E-state index contributed by atoms with van der Waals surface area (Å²) in [4.78, 5) is 22.2. The monoisotopic (exact) mass is 304 g/mol. The van der Waals surface area contributed by atoms with E-state index in [1.165, 1.54) is 17.9 Å². The molecule has 0 aliphatic carbocycles. The summed E-state index contributed by atoms with van der Waals surface area (Å²) in [5.41, 5.74) is 2.06. The van der Waals surface area contributed by atoms with Crippen molar-refractivity contribution in [2.45, 2.75) is 20.4 Å². The van der Waals surface area contributed by atoms with Crippen molar-refractivity contribution in [1.29, 1.82) is 0 Å². The van der Waals surface area contributed by atoms with Crippen molar-refractivity contribution in [3.8, 4) is 5.75 Å². The van der Waals surface area contributed by atoms with Crippen molar-refractivity contribution in [3.63, 3.8) is 0 Å². The lowest BCUT2D eigenvalue weighted by molar-refractivity contribution is -0.389. The van der Waals surface area contributed by atoms with E-state index in [0.29, 0.717) is 17.1 Å². The summed E-state index contributed by atoms with van der Waals surface area (Å²) in [6, 6.07) is 6.74. The van der Waals surface area contributed by atoms with Gasteiger partial charge in [0.1, 0.15) is 12.3 Å². The molecule has 1 N–H and O–H groups in total. The first-order valence-corrected chi connectivity index (χ1v) is 6.54. The maximum Gasteiger partial charge on any atom is 0.390 e. The Bertz CT molecular complexity index is 724. The van der Waals surface area contributed by atoms with E-state index in [9.17, 15) is 14.9 Å².